The standard InChI is InChI=1S/C13H14S/c1-2-5-10(6-3-1)13-9-11-7-4-8-12(11)14-13/h1-3,5-6,9,11-12H,4,7-8H2. The summed E-state index contributed by atoms with van der Waals surface area (Å²) in [4.78, 5) is 1.51. The van der Waals surface area contributed by atoms with Crippen molar-refractivity contribution in [3.8, 4) is 0 Å². The first-order valence-corrected chi connectivity index (χ1v) is 6.25. The summed E-state index contributed by atoms with van der Waals surface area (Å²) < 4.78 is 0. The van der Waals surface area contributed by atoms with Gasteiger partial charge in [-0.2, -0.15) is 0 Å². The summed E-state index contributed by atoms with van der Waals surface area (Å²) in [6.45, 7) is 0. The van der Waals surface area contributed by atoms with Gasteiger partial charge in [-0.1, -0.05) is 42.8 Å². The zero-order valence-corrected chi connectivity index (χ0v) is 8.96. The van der Waals surface area contributed by atoms with Gasteiger partial charge in [0.15, 0.2) is 0 Å². The summed E-state index contributed by atoms with van der Waals surface area (Å²) >= 11 is 2.10. The van der Waals surface area contributed by atoms with E-state index in [1.807, 2.05) is 0 Å². The highest BCUT2D eigenvalue weighted by molar-refractivity contribution is 8.09. The van der Waals surface area contributed by atoms with E-state index in [1.165, 1.54) is 29.7 Å². The van der Waals surface area contributed by atoms with E-state index in [9.17, 15) is 0 Å². The molecule has 72 valence electrons. The van der Waals surface area contributed by atoms with E-state index in [1.54, 1.807) is 0 Å². The van der Waals surface area contributed by atoms with E-state index in [-0.39, 0.29) is 0 Å². The first-order chi connectivity index (χ1) is 6.93. The van der Waals surface area contributed by atoms with Crippen LogP contribution in [-0.4, -0.2) is 5.25 Å². The maximum atomic E-state index is 2.50. The Morgan fingerprint density at radius 3 is 2.71 bits per heavy atom. The Hall–Kier alpha value is -0.690. The number of allylic oxidation sites excluding steroid dienone is 1. The maximum Gasteiger partial charge on any atom is 0.0158 e. The summed E-state index contributed by atoms with van der Waals surface area (Å²) in [6, 6.07) is 10.8. The average molecular weight is 202 g/mol. The van der Waals surface area contributed by atoms with Gasteiger partial charge in [0, 0.05) is 10.2 Å². The van der Waals surface area contributed by atoms with Crippen molar-refractivity contribution < 1.29 is 0 Å². The fraction of sp³-hybridized carbons (Fsp3) is 0.385. The molecular weight excluding hydrogens is 188 g/mol. The highest BCUT2D eigenvalue weighted by Crippen LogP contribution is 2.49. The molecule has 0 radical (unpaired) electrons. The predicted octanol–water partition coefficient (Wildman–Crippen LogP) is 3.94. The van der Waals surface area contributed by atoms with E-state index in [0.29, 0.717) is 0 Å². The second-order valence-electron chi connectivity index (χ2n) is 4.15. The van der Waals surface area contributed by atoms with Crippen LogP contribution in [0.3, 0.4) is 0 Å². The molecule has 0 amide bonds. The molecule has 0 bridgehead atoms. The quantitative estimate of drug-likeness (QED) is 0.664. The molecule has 1 heterocycles. The molecule has 1 aliphatic heterocycles. The Balaban J connectivity index is 1.88. The van der Waals surface area contributed by atoms with Crippen LogP contribution in [0.2, 0.25) is 0 Å². The van der Waals surface area contributed by atoms with Crippen LogP contribution < -0.4 is 0 Å². The molecule has 2 atom stereocenters. The van der Waals surface area contributed by atoms with E-state index >= 15 is 0 Å². The van der Waals surface area contributed by atoms with Crippen molar-refractivity contribution in [2.75, 3.05) is 0 Å². The summed E-state index contributed by atoms with van der Waals surface area (Å²) in [5.74, 6) is 0.871. The lowest BCUT2D eigenvalue weighted by Gasteiger charge is -2.06. The third-order valence-electron chi connectivity index (χ3n) is 3.21. The van der Waals surface area contributed by atoms with Gasteiger partial charge in [-0.15, -0.1) is 11.8 Å². The Morgan fingerprint density at radius 1 is 1.07 bits per heavy atom. The monoisotopic (exact) mass is 202 g/mol. The number of fused-ring (bicyclic) bond motifs is 1. The molecular formula is C13H14S. The zero-order chi connectivity index (χ0) is 9.38. The van der Waals surface area contributed by atoms with Crippen molar-refractivity contribution in [3.05, 3.63) is 42.0 Å². The largest absolute Gasteiger partial charge is 0.122 e. The average Bonchev–Trinajstić information content (AvgIpc) is 2.78. The van der Waals surface area contributed by atoms with Gasteiger partial charge >= 0.3 is 0 Å². The fourth-order valence-corrected chi connectivity index (χ4v) is 3.98. The van der Waals surface area contributed by atoms with E-state index in [4.69, 9.17) is 0 Å². The molecule has 1 aromatic rings. The van der Waals surface area contributed by atoms with Crippen LogP contribution in [0.1, 0.15) is 24.8 Å². The molecule has 0 nitrogen and oxygen atoms in total. The Kier molecular flexibility index (Phi) is 2.13. The van der Waals surface area contributed by atoms with Crippen molar-refractivity contribution >= 4 is 16.7 Å². The SMILES string of the molecule is C1=C(c2ccccc2)SC2CCCC12. The summed E-state index contributed by atoms with van der Waals surface area (Å²) in [5, 5.41) is 0.894. The van der Waals surface area contributed by atoms with E-state index in [2.05, 4.69) is 48.2 Å². The number of rotatable bonds is 1. The third kappa shape index (κ3) is 1.40. The molecule has 1 heteroatoms. The Labute approximate surface area is 89.4 Å². The maximum absolute atomic E-state index is 2.50. The number of hydrogen-bond donors (Lipinski definition) is 0. The Morgan fingerprint density at radius 2 is 1.93 bits per heavy atom. The lowest BCUT2D eigenvalue weighted by atomic mass is 10.1. The summed E-state index contributed by atoms with van der Waals surface area (Å²) in [6.07, 6.45) is 6.76. The van der Waals surface area contributed by atoms with Crippen LogP contribution in [0.25, 0.3) is 4.91 Å². The normalized spacial score (nSPS) is 30.1. The smallest absolute Gasteiger partial charge is 0.0158 e. The van der Waals surface area contributed by atoms with Crippen molar-refractivity contribution in [3.63, 3.8) is 0 Å². The number of benzene rings is 1. The Bertz CT molecular complexity index is 353. The molecule has 1 aliphatic carbocycles. The molecule has 2 aliphatic rings. The van der Waals surface area contributed by atoms with Crippen molar-refractivity contribution in [2.24, 2.45) is 5.92 Å². The molecule has 1 fully saturated rings. The molecule has 1 aromatic carbocycles. The minimum atomic E-state index is 0.871. The molecule has 14 heavy (non-hydrogen) atoms. The molecule has 0 spiro atoms. The summed E-state index contributed by atoms with van der Waals surface area (Å²) in [5.41, 5.74) is 1.41. The molecule has 0 aromatic heterocycles. The molecule has 3 rings (SSSR count). The van der Waals surface area contributed by atoms with Crippen molar-refractivity contribution in [2.45, 2.75) is 24.5 Å². The molecule has 0 saturated heterocycles. The second-order valence-corrected chi connectivity index (χ2v) is 5.43. The van der Waals surface area contributed by atoms with Crippen molar-refractivity contribution in [1.82, 2.24) is 0 Å². The molecule has 2 unspecified atom stereocenters. The number of hydrogen-bond acceptors (Lipinski definition) is 1. The minimum Gasteiger partial charge on any atom is -0.122 e. The zero-order valence-electron chi connectivity index (χ0n) is 8.15. The van der Waals surface area contributed by atoms with Gasteiger partial charge in [0.25, 0.3) is 0 Å². The van der Waals surface area contributed by atoms with Gasteiger partial charge in [0.1, 0.15) is 0 Å². The van der Waals surface area contributed by atoms with Gasteiger partial charge in [0.05, 0.1) is 0 Å². The van der Waals surface area contributed by atoms with Crippen LogP contribution in [-0.2, 0) is 0 Å². The van der Waals surface area contributed by atoms with Crippen LogP contribution in [0.15, 0.2) is 36.4 Å². The minimum absolute atomic E-state index is 0.871. The van der Waals surface area contributed by atoms with E-state index in [0.717, 1.165) is 11.2 Å². The van der Waals surface area contributed by atoms with Gasteiger partial charge in [-0.25, -0.2) is 0 Å². The van der Waals surface area contributed by atoms with Crippen LogP contribution >= 0.6 is 11.8 Å². The van der Waals surface area contributed by atoms with Crippen molar-refractivity contribution in [1.29, 1.82) is 0 Å². The number of thioether (sulfide) groups is 1. The summed E-state index contributed by atoms with van der Waals surface area (Å²) in [7, 11) is 0. The van der Waals surface area contributed by atoms with Gasteiger partial charge < -0.3 is 0 Å². The van der Waals surface area contributed by atoms with Crippen LogP contribution in [0, 0.1) is 5.92 Å². The first kappa shape index (κ1) is 8.60. The first-order valence-electron chi connectivity index (χ1n) is 5.37. The van der Waals surface area contributed by atoms with Gasteiger partial charge in [0.2, 0.25) is 0 Å². The van der Waals surface area contributed by atoms with E-state index < -0.39 is 0 Å². The van der Waals surface area contributed by atoms with Crippen LogP contribution in [0.5, 0.6) is 0 Å². The fourth-order valence-electron chi connectivity index (χ4n) is 2.46. The highest BCUT2D eigenvalue weighted by Gasteiger charge is 2.32. The highest BCUT2D eigenvalue weighted by atomic mass is 32.2. The van der Waals surface area contributed by atoms with Gasteiger partial charge in [-0.3, -0.25) is 0 Å². The molecule has 0 N–H and O–H groups in total. The van der Waals surface area contributed by atoms with Gasteiger partial charge in [-0.05, 0) is 24.3 Å². The topological polar surface area (TPSA) is 0 Å². The molecule has 1 saturated carbocycles. The lowest BCUT2D eigenvalue weighted by molar-refractivity contribution is 0.711. The third-order valence-corrected chi connectivity index (χ3v) is 4.72. The predicted molar refractivity (Wildman–Crippen MR) is 63.1 cm³/mol. The van der Waals surface area contributed by atoms with Crippen LogP contribution in [0.4, 0.5) is 0 Å². The second kappa shape index (κ2) is 3.47. The lowest BCUT2D eigenvalue weighted by Crippen LogP contribution is -2.00.